The maximum Gasteiger partial charge on any atom is 0.264 e. The van der Waals surface area contributed by atoms with Crippen molar-refractivity contribution in [2.45, 2.75) is 45.6 Å². The molecular formula is C26H31N5O2. The van der Waals surface area contributed by atoms with Crippen molar-refractivity contribution >= 4 is 23.0 Å². The number of pyridine rings is 1. The van der Waals surface area contributed by atoms with Gasteiger partial charge in [-0.3, -0.25) is 4.79 Å². The molecule has 1 aliphatic heterocycles. The van der Waals surface area contributed by atoms with E-state index in [-0.39, 0.29) is 17.5 Å². The second-order valence-corrected chi connectivity index (χ2v) is 8.88. The fourth-order valence-corrected chi connectivity index (χ4v) is 5.12. The van der Waals surface area contributed by atoms with Gasteiger partial charge in [-0.2, -0.15) is 5.26 Å². The lowest BCUT2D eigenvalue weighted by Crippen LogP contribution is -2.38. The molecule has 0 spiro atoms. The number of hydrogen-bond acceptors (Lipinski definition) is 4. The Morgan fingerprint density at radius 2 is 2.15 bits per heavy atom. The number of nitrogens with zero attached hydrogens (tertiary/aromatic N) is 4. The first-order valence-electron chi connectivity index (χ1n) is 11.4. The van der Waals surface area contributed by atoms with Gasteiger partial charge < -0.3 is 19.2 Å². The molecule has 0 saturated carbocycles. The van der Waals surface area contributed by atoms with Crippen molar-refractivity contribution in [2.75, 3.05) is 26.8 Å². The number of ether oxygens (including phenoxy) is 1. The third-order valence-corrected chi connectivity index (χ3v) is 6.73. The number of piperidine rings is 1. The highest BCUT2D eigenvalue weighted by Gasteiger charge is 2.27. The van der Waals surface area contributed by atoms with Gasteiger partial charge in [0.15, 0.2) is 0 Å². The topological polar surface area (TPSA) is 86.9 Å². The third-order valence-electron chi connectivity index (χ3n) is 6.73. The maximum atomic E-state index is 13.2. The number of H-pyrrole nitrogens is 1. The van der Waals surface area contributed by atoms with E-state index in [0.717, 1.165) is 40.8 Å². The molecule has 0 aromatic carbocycles. The fourth-order valence-electron chi connectivity index (χ4n) is 5.12. The van der Waals surface area contributed by atoms with E-state index in [2.05, 4.69) is 33.6 Å². The van der Waals surface area contributed by atoms with E-state index in [1.165, 1.54) is 5.56 Å². The van der Waals surface area contributed by atoms with E-state index in [4.69, 9.17) is 4.74 Å². The van der Waals surface area contributed by atoms with E-state index in [0.29, 0.717) is 25.6 Å². The Bertz CT molecular complexity index is 1220. The van der Waals surface area contributed by atoms with Crippen molar-refractivity contribution in [1.29, 1.82) is 5.26 Å². The first-order valence-corrected chi connectivity index (χ1v) is 11.4. The molecule has 1 unspecified atom stereocenters. The Labute approximate surface area is 194 Å². The van der Waals surface area contributed by atoms with Crippen molar-refractivity contribution < 1.29 is 9.53 Å². The molecule has 0 radical (unpaired) electrons. The number of carbonyl (C=O) groups excluding carboxylic acids is 1. The lowest BCUT2D eigenvalue weighted by atomic mass is 9.89. The smallest absolute Gasteiger partial charge is 0.264 e. The van der Waals surface area contributed by atoms with Crippen LogP contribution < -0.4 is 0 Å². The number of aromatic amines is 1. The summed E-state index contributed by atoms with van der Waals surface area (Å²) in [5, 5.41) is 10.9. The standard InChI is InChI=1S/C26H31N5O2/c1-17-12-21(19(3)31(17)18(2)16-33-4)13-22(14-27)26(32)30-10-7-20(8-11-30)24-15-29-25-23(24)6-5-9-28-25/h5-6,9,12-13,15,18,20H,7-8,10-11,16H2,1-4H3,(H,28,29)/b22-13-. The number of aryl methyl sites for hydroxylation is 1. The minimum atomic E-state index is -0.189. The first-order chi connectivity index (χ1) is 15.9. The summed E-state index contributed by atoms with van der Waals surface area (Å²) in [5.41, 5.74) is 5.37. The Kier molecular flexibility index (Phi) is 6.66. The minimum Gasteiger partial charge on any atom is -0.383 e. The van der Waals surface area contributed by atoms with Crippen LogP contribution in [0.5, 0.6) is 0 Å². The van der Waals surface area contributed by atoms with Crippen LogP contribution in [0.4, 0.5) is 0 Å². The summed E-state index contributed by atoms with van der Waals surface area (Å²) < 4.78 is 7.49. The molecule has 1 saturated heterocycles. The molecule has 0 aliphatic carbocycles. The number of hydrogen-bond donors (Lipinski definition) is 1. The second kappa shape index (κ2) is 9.63. The molecule has 4 heterocycles. The highest BCUT2D eigenvalue weighted by molar-refractivity contribution is 6.02. The Hall–Kier alpha value is -3.37. The monoisotopic (exact) mass is 445 g/mol. The summed E-state index contributed by atoms with van der Waals surface area (Å²) in [6.45, 7) is 8.03. The number of nitriles is 1. The van der Waals surface area contributed by atoms with Gasteiger partial charge in [0.2, 0.25) is 0 Å². The van der Waals surface area contributed by atoms with E-state index in [1.54, 1.807) is 19.4 Å². The summed E-state index contributed by atoms with van der Waals surface area (Å²) in [5.74, 6) is 0.189. The van der Waals surface area contributed by atoms with Crippen molar-refractivity contribution in [2.24, 2.45) is 0 Å². The van der Waals surface area contributed by atoms with Gasteiger partial charge in [0.1, 0.15) is 17.3 Å². The van der Waals surface area contributed by atoms with Crippen LogP contribution in [-0.4, -0.2) is 52.1 Å². The number of carbonyl (C=O) groups is 1. The molecular weight excluding hydrogens is 414 g/mol. The molecule has 4 rings (SSSR count). The highest BCUT2D eigenvalue weighted by Crippen LogP contribution is 2.33. The average Bonchev–Trinajstić information content (AvgIpc) is 3.37. The Balaban J connectivity index is 1.48. The summed E-state index contributed by atoms with van der Waals surface area (Å²) in [6.07, 6.45) is 7.30. The predicted molar refractivity (Wildman–Crippen MR) is 129 cm³/mol. The quantitative estimate of drug-likeness (QED) is 0.447. The van der Waals surface area contributed by atoms with Crippen molar-refractivity contribution in [3.05, 3.63) is 58.7 Å². The summed E-state index contributed by atoms with van der Waals surface area (Å²) in [4.78, 5) is 22.6. The van der Waals surface area contributed by atoms with Crippen LogP contribution in [0.3, 0.4) is 0 Å². The normalized spacial score (nSPS) is 16.2. The van der Waals surface area contributed by atoms with Crippen molar-refractivity contribution in [3.8, 4) is 6.07 Å². The number of fused-ring (bicyclic) bond motifs is 1. The summed E-state index contributed by atoms with van der Waals surface area (Å²) >= 11 is 0. The lowest BCUT2D eigenvalue weighted by Gasteiger charge is -2.31. The van der Waals surface area contributed by atoms with Crippen LogP contribution in [0.1, 0.15) is 54.2 Å². The Morgan fingerprint density at radius 1 is 1.39 bits per heavy atom. The van der Waals surface area contributed by atoms with E-state index in [1.807, 2.05) is 37.1 Å². The maximum absolute atomic E-state index is 13.2. The van der Waals surface area contributed by atoms with Crippen LogP contribution in [0.15, 0.2) is 36.2 Å². The van der Waals surface area contributed by atoms with Gasteiger partial charge in [0.05, 0.1) is 12.6 Å². The molecule has 33 heavy (non-hydrogen) atoms. The van der Waals surface area contributed by atoms with Crippen LogP contribution >= 0.6 is 0 Å². The number of aromatic nitrogens is 3. The zero-order valence-corrected chi connectivity index (χ0v) is 19.8. The summed E-state index contributed by atoms with van der Waals surface area (Å²) in [7, 11) is 1.69. The molecule has 3 aromatic heterocycles. The van der Waals surface area contributed by atoms with E-state index < -0.39 is 0 Å². The van der Waals surface area contributed by atoms with Crippen LogP contribution in [0.2, 0.25) is 0 Å². The molecule has 7 nitrogen and oxygen atoms in total. The van der Waals surface area contributed by atoms with Gasteiger partial charge in [-0.1, -0.05) is 0 Å². The van der Waals surface area contributed by atoms with Crippen LogP contribution in [-0.2, 0) is 9.53 Å². The minimum absolute atomic E-state index is 0.178. The first kappa shape index (κ1) is 22.8. The van der Waals surface area contributed by atoms with Gasteiger partial charge in [-0.05, 0) is 74.9 Å². The van der Waals surface area contributed by atoms with Crippen LogP contribution in [0.25, 0.3) is 17.1 Å². The van der Waals surface area contributed by atoms with Crippen molar-refractivity contribution in [1.82, 2.24) is 19.4 Å². The van der Waals surface area contributed by atoms with E-state index >= 15 is 0 Å². The predicted octanol–water partition coefficient (Wildman–Crippen LogP) is 4.50. The SMILES string of the molecule is COCC(C)n1c(C)cc(/C=C(/C#N)C(=O)N2CCC(c3c[nH]c4ncccc34)CC2)c1C. The zero-order chi connectivity index (χ0) is 23.5. The number of rotatable bonds is 6. The van der Waals surface area contributed by atoms with Crippen LogP contribution in [0, 0.1) is 25.2 Å². The summed E-state index contributed by atoms with van der Waals surface area (Å²) in [6, 6.07) is 8.40. The molecule has 172 valence electrons. The van der Waals surface area contributed by atoms with E-state index in [9.17, 15) is 10.1 Å². The Morgan fingerprint density at radius 3 is 2.85 bits per heavy atom. The van der Waals surface area contributed by atoms with Gasteiger partial charge >= 0.3 is 0 Å². The number of methoxy groups -OCH3 is 1. The highest BCUT2D eigenvalue weighted by atomic mass is 16.5. The zero-order valence-electron chi connectivity index (χ0n) is 19.8. The van der Waals surface area contributed by atoms with Gasteiger partial charge in [-0.15, -0.1) is 0 Å². The molecule has 1 fully saturated rings. The van der Waals surface area contributed by atoms with Gasteiger partial charge in [0.25, 0.3) is 5.91 Å². The molecule has 3 aromatic rings. The molecule has 0 bridgehead atoms. The number of amides is 1. The van der Waals surface area contributed by atoms with Gasteiger partial charge in [0, 0.05) is 49.4 Å². The fraction of sp³-hybridized carbons (Fsp3) is 0.423. The molecule has 1 amide bonds. The largest absolute Gasteiger partial charge is 0.383 e. The number of likely N-dealkylation sites (tertiary alicyclic amines) is 1. The molecule has 1 atom stereocenters. The van der Waals surface area contributed by atoms with Gasteiger partial charge in [-0.25, -0.2) is 4.98 Å². The average molecular weight is 446 g/mol. The molecule has 1 aliphatic rings. The lowest BCUT2D eigenvalue weighted by molar-refractivity contribution is -0.127. The number of nitrogens with one attached hydrogen (secondary N) is 1. The van der Waals surface area contributed by atoms with Crippen molar-refractivity contribution in [3.63, 3.8) is 0 Å². The second-order valence-electron chi connectivity index (χ2n) is 8.88. The molecule has 1 N–H and O–H groups in total. The third kappa shape index (κ3) is 4.44. The molecule has 7 heteroatoms.